The van der Waals surface area contributed by atoms with Crippen LogP contribution in [0.2, 0.25) is 0 Å². The Morgan fingerprint density at radius 1 is 1.67 bits per heavy atom. The molecule has 4 heteroatoms. The number of esters is 1. The van der Waals surface area contributed by atoms with Crippen LogP contribution in [0.4, 0.5) is 0 Å². The first-order valence-corrected chi connectivity index (χ1v) is 3.84. The van der Waals surface area contributed by atoms with Crippen LogP contribution in [0, 0.1) is 11.3 Å². The Labute approximate surface area is 71.3 Å². The summed E-state index contributed by atoms with van der Waals surface area (Å²) in [6.07, 6.45) is 0. The molecule has 0 aliphatic carbocycles. The lowest BCUT2D eigenvalue weighted by Gasteiger charge is -2.20. The first kappa shape index (κ1) is 9.03. The van der Waals surface area contributed by atoms with Gasteiger partial charge < -0.3 is 10.1 Å². The molecule has 1 aliphatic rings. The molecule has 1 rings (SSSR count). The second kappa shape index (κ2) is 2.77. The lowest BCUT2D eigenvalue weighted by atomic mass is 9.82. The summed E-state index contributed by atoms with van der Waals surface area (Å²) in [6.45, 7) is 4.27. The highest BCUT2D eigenvalue weighted by molar-refractivity contribution is 6.00. The van der Waals surface area contributed by atoms with E-state index in [1.165, 1.54) is 7.11 Å². The minimum atomic E-state index is -0.650. The van der Waals surface area contributed by atoms with E-state index in [-0.39, 0.29) is 11.3 Å². The summed E-state index contributed by atoms with van der Waals surface area (Å²) in [7, 11) is 1.30. The van der Waals surface area contributed by atoms with Crippen LogP contribution in [-0.2, 0) is 14.3 Å². The predicted molar refractivity (Wildman–Crippen MR) is 42.3 cm³/mol. The molecule has 12 heavy (non-hydrogen) atoms. The van der Waals surface area contributed by atoms with Gasteiger partial charge >= 0.3 is 5.97 Å². The van der Waals surface area contributed by atoms with E-state index in [0.717, 1.165) is 0 Å². The smallest absolute Gasteiger partial charge is 0.318 e. The molecule has 1 heterocycles. The lowest BCUT2D eigenvalue weighted by molar-refractivity contribution is -0.151. The van der Waals surface area contributed by atoms with E-state index in [0.29, 0.717) is 6.54 Å². The predicted octanol–water partition coefficient (Wildman–Crippen LogP) is -0.0684. The third kappa shape index (κ3) is 1.29. The van der Waals surface area contributed by atoms with Crippen molar-refractivity contribution in [1.29, 1.82) is 0 Å². The van der Waals surface area contributed by atoms with Gasteiger partial charge in [-0.2, -0.15) is 0 Å². The zero-order valence-corrected chi connectivity index (χ0v) is 7.51. The Balaban J connectivity index is 2.85. The van der Waals surface area contributed by atoms with Gasteiger partial charge in [-0.25, -0.2) is 0 Å². The van der Waals surface area contributed by atoms with Crippen molar-refractivity contribution in [1.82, 2.24) is 5.32 Å². The van der Waals surface area contributed by atoms with Gasteiger partial charge in [0.2, 0.25) is 5.91 Å². The van der Waals surface area contributed by atoms with Crippen LogP contribution in [-0.4, -0.2) is 25.5 Å². The lowest BCUT2D eigenvalue weighted by Crippen LogP contribution is -2.33. The van der Waals surface area contributed by atoms with Gasteiger partial charge in [-0.15, -0.1) is 0 Å². The van der Waals surface area contributed by atoms with Crippen LogP contribution in [0.5, 0.6) is 0 Å². The molecule has 1 amide bonds. The van der Waals surface area contributed by atoms with E-state index >= 15 is 0 Å². The maximum absolute atomic E-state index is 11.2. The average Bonchev–Trinajstić information content (AvgIpc) is 2.25. The Kier molecular flexibility index (Phi) is 2.08. The molecule has 0 bridgehead atoms. The second-order valence-electron chi connectivity index (χ2n) is 3.66. The SMILES string of the molecule is COC(=O)[C@H]1C(=O)NCC1(C)C. The number of carbonyl (C=O) groups is 2. The number of ether oxygens (including phenoxy) is 1. The molecule has 1 atom stereocenters. The normalized spacial score (nSPS) is 26.6. The summed E-state index contributed by atoms with van der Waals surface area (Å²) in [5, 5.41) is 2.64. The molecule has 0 aromatic heterocycles. The van der Waals surface area contributed by atoms with Crippen LogP contribution in [0.15, 0.2) is 0 Å². The molecule has 68 valence electrons. The summed E-state index contributed by atoms with van der Waals surface area (Å²) in [5.41, 5.74) is -0.329. The highest BCUT2D eigenvalue weighted by atomic mass is 16.5. The Hall–Kier alpha value is -1.06. The number of hydrogen-bond acceptors (Lipinski definition) is 3. The summed E-state index contributed by atoms with van der Waals surface area (Å²) in [6, 6.07) is 0. The fraction of sp³-hybridized carbons (Fsp3) is 0.750. The Morgan fingerprint density at radius 3 is 2.58 bits per heavy atom. The maximum Gasteiger partial charge on any atom is 0.318 e. The second-order valence-corrected chi connectivity index (χ2v) is 3.66. The van der Waals surface area contributed by atoms with Crippen molar-refractivity contribution in [2.75, 3.05) is 13.7 Å². The number of rotatable bonds is 1. The standard InChI is InChI=1S/C8H13NO3/c1-8(2)4-9-6(10)5(8)7(11)12-3/h5H,4H2,1-3H3,(H,9,10)/t5-/m1/s1. The molecule has 0 aromatic rings. The van der Waals surface area contributed by atoms with Crippen molar-refractivity contribution in [3.8, 4) is 0 Å². The quantitative estimate of drug-likeness (QED) is 0.444. The van der Waals surface area contributed by atoms with Crippen molar-refractivity contribution in [2.24, 2.45) is 11.3 Å². The molecular formula is C8H13NO3. The highest BCUT2D eigenvalue weighted by Crippen LogP contribution is 2.31. The molecule has 0 aromatic carbocycles. The van der Waals surface area contributed by atoms with Crippen molar-refractivity contribution in [2.45, 2.75) is 13.8 Å². The van der Waals surface area contributed by atoms with Crippen molar-refractivity contribution in [3.63, 3.8) is 0 Å². The average molecular weight is 171 g/mol. The first-order chi connectivity index (χ1) is 5.49. The zero-order valence-electron chi connectivity index (χ0n) is 7.51. The molecule has 1 aliphatic heterocycles. The molecule has 1 saturated heterocycles. The van der Waals surface area contributed by atoms with Crippen molar-refractivity contribution in [3.05, 3.63) is 0 Å². The van der Waals surface area contributed by atoms with Crippen molar-refractivity contribution >= 4 is 11.9 Å². The molecule has 0 spiro atoms. The highest BCUT2D eigenvalue weighted by Gasteiger charge is 2.46. The number of hydrogen-bond donors (Lipinski definition) is 1. The van der Waals surface area contributed by atoms with Crippen LogP contribution in [0.3, 0.4) is 0 Å². The van der Waals surface area contributed by atoms with Gasteiger partial charge in [0.25, 0.3) is 0 Å². The largest absolute Gasteiger partial charge is 0.468 e. The van der Waals surface area contributed by atoms with E-state index in [1.54, 1.807) is 0 Å². The zero-order chi connectivity index (χ0) is 9.35. The van der Waals surface area contributed by atoms with E-state index in [9.17, 15) is 9.59 Å². The van der Waals surface area contributed by atoms with Crippen LogP contribution >= 0.6 is 0 Å². The number of methoxy groups -OCH3 is 1. The molecule has 0 saturated carbocycles. The van der Waals surface area contributed by atoms with E-state index in [2.05, 4.69) is 10.1 Å². The number of amides is 1. The molecular weight excluding hydrogens is 158 g/mol. The van der Waals surface area contributed by atoms with Gasteiger partial charge in [0.15, 0.2) is 0 Å². The topological polar surface area (TPSA) is 55.4 Å². The van der Waals surface area contributed by atoms with Gasteiger partial charge in [-0.1, -0.05) is 13.8 Å². The Bertz CT molecular complexity index is 222. The minimum Gasteiger partial charge on any atom is -0.468 e. The summed E-state index contributed by atoms with van der Waals surface area (Å²) < 4.78 is 4.54. The van der Waals surface area contributed by atoms with E-state index in [4.69, 9.17) is 0 Å². The number of carbonyl (C=O) groups excluding carboxylic acids is 2. The van der Waals surface area contributed by atoms with Gasteiger partial charge in [0, 0.05) is 12.0 Å². The Morgan fingerprint density at radius 2 is 2.25 bits per heavy atom. The van der Waals surface area contributed by atoms with E-state index < -0.39 is 11.9 Å². The van der Waals surface area contributed by atoms with E-state index in [1.807, 2.05) is 13.8 Å². The monoisotopic (exact) mass is 171 g/mol. The summed E-state index contributed by atoms with van der Waals surface area (Å²) in [5.74, 6) is -1.33. The third-order valence-corrected chi connectivity index (χ3v) is 2.20. The minimum absolute atomic E-state index is 0.230. The summed E-state index contributed by atoms with van der Waals surface area (Å²) in [4.78, 5) is 22.3. The van der Waals surface area contributed by atoms with Crippen LogP contribution in [0.25, 0.3) is 0 Å². The van der Waals surface area contributed by atoms with Crippen molar-refractivity contribution < 1.29 is 14.3 Å². The van der Waals surface area contributed by atoms with Crippen LogP contribution < -0.4 is 5.32 Å². The van der Waals surface area contributed by atoms with Gasteiger partial charge in [0.05, 0.1) is 7.11 Å². The third-order valence-electron chi connectivity index (χ3n) is 2.20. The van der Waals surface area contributed by atoms with Gasteiger partial charge in [-0.3, -0.25) is 9.59 Å². The molecule has 4 nitrogen and oxygen atoms in total. The van der Waals surface area contributed by atoms with Gasteiger partial charge in [-0.05, 0) is 0 Å². The maximum atomic E-state index is 11.2. The molecule has 0 radical (unpaired) electrons. The number of nitrogens with one attached hydrogen (secondary N) is 1. The van der Waals surface area contributed by atoms with Crippen LogP contribution in [0.1, 0.15) is 13.8 Å². The molecule has 1 N–H and O–H groups in total. The first-order valence-electron chi connectivity index (χ1n) is 3.84. The molecule has 0 unspecified atom stereocenters. The fourth-order valence-electron chi connectivity index (χ4n) is 1.42. The fourth-order valence-corrected chi connectivity index (χ4v) is 1.42. The van der Waals surface area contributed by atoms with Gasteiger partial charge in [0.1, 0.15) is 5.92 Å². The summed E-state index contributed by atoms with van der Waals surface area (Å²) >= 11 is 0. The molecule has 1 fully saturated rings.